The van der Waals surface area contributed by atoms with Gasteiger partial charge in [-0.15, -0.1) is 0 Å². The topological polar surface area (TPSA) is 55.6 Å². The number of carbonyl (C=O) groups is 1. The summed E-state index contributed by atoms with van der Waals surface area (Å²) in [6, 6.07) is 5.33. The highest BCUT2D eigenvalue weighted by molar-refractivity contribution is 6.00. The molecule has 1 aromatic carbocycles. The van der Waals surface area contributed by atoms with E-state index in [-0.39, 0.29) is 5.91 Å². The summed E-state index contributed by atoms with van der Waals surface area (Å²) in [4.78, 5) is 14.5. The highest BCUT2D eigenvalue weighted by atomic mass is 16.5. The molecule has 1 amide bonds. The Morgan fingerprint density at radius 1 is 1.30 bits per heavy atom. The van der Waals surface area contributed by atoms with Gasteiger partial charge in [-0.3, -0.25) is 4.79 Å². The van der Waals surface area contributed by atoms with Gasteiger partial charge in [0.25, 0.3) is 5.91 Å². The normalized spacial score (nSPS) is 10.7. The minimum atomic E-state index is -0.0178. The molecular weight excluding hydrogens is 252 g/mol. The maximum atomic E-state index is 12.6. The van der Waals surface area contributed by atoms with Crippen molar-refractivity contribution in [2.45, 2.75) is 33.6 Å². The zero-order chi connectivity index (χ0) is 15.1. The first-order valence-corrected chi connectivity index (χ1v) is 7.30. The van der Waals surface area contributed by atoms with Gasteiger partial charge in [0.15, 0.2) is 0 Å². The number of benzene rings is 1. The van der Waals surface area contributed by atoms with Crippen LogP contribution in [0.25, 0.3) is 0 Å². The van der Waals surface area contributed by atoms with Crippen LogP contribution in [-0.4, -0.2) is 31.0 Å². The zero-order valence-corrected chi connectivity index (χ0v) is 13.0. The number of carbonyl (C=O) groups excluding carboxylic acids is 1. The average molecular weight is 278 g/mol. The molecule has 0 atom stereocenters. The van der Waals surface area contributed by atoms with Gasteiger partial charge in [-0.2, -0.15) is 0 Å². The van der Waals surface area contributed by atoms with Gasteiger partial charge in [0.05, 0.1) is 18.4 Å². The van der Waals surface area contributed by atoms with Crippen molar-refractivity contribution in [3.8, 4) is 5.75 Å². The maximum Gasteiger partial charge on any atom is 0.256 e. The van der Waals surface area contributed by atoms with Gasteiger partial charge in [0.1, 0.15) is 5.75 Å². The molecule has 0 fully saturated rings. The van der Waals surface area contributed by atoms with Gasteiger partial charge >= 0.3 is 0 Å². The second-order valence-electron chi connectivity index (χ2n) is 4.95. The van der Waals surface area contributed by atoms with Crippen molar-refractivity contribution >= 4 is 11.6 Å². The molecule has 1 rings (SSSR count). The molecule has 0 unspecified atom stereocenters. The van der Waals surface area contributed by atoms with Crippen molar-refractivity contribution in [3.05, 3.63) is 23.8 Å². The lowest BCUT2D eigenvalue weighted by Crippen LogP contribution is -2.35. The minimum Gasteiger partial charge on any atom is -0.495 e. The maximum absolute atomic E-state index is 12.6. The van der Waals surface area contributed by atoms with Crippen molar-refractivity contribution in [1.82, 2.24) is 4.90 Å². The Labute approximate surface area is 121 Å². The highest BCUT2D eigenvalue weighted by Gasteiger charge is 2.20. The fourth-order valence-corrected chi connectivity index (χ4v) is 2.29. The number of nitrogens with zero attached hydrogens (tertiary/aromatic N) is 1. The van der Waals surface area contributed by atoms with Crippen LogP contribution in [0.4, 0.5) is 5.69 Å². The van der Waals surface area contributed by atoms with Gasteiger partial charge in [-0.25, -0.2) is 0 Å². The van der Waals surface area contributed by atoms with E-state index in [1.54, 1.807) is 25.3 Å². The average Bonchev–Trinajstić information content (AvgIpc) is 2.48. The Morgan fingerprint density at radius 2 is 1.95 bits per heavy atom. The third-order valence-corrected chi connectivity index (χ3v) is 3.82. The Kier molecular flexibility index (Phi) is 6.36. The first kappa shape index (κ1) is 16.3. The van der Waals surface area contributed by atoms with Crippen LogP contribution in [0.5, 0.6) is 5.75 Å². The fourth-order valence-electron chi connectivity index (χ4n) is 2.29. The summed E-state index contributed by atoms with van der Waals surface area (Å²) >= 11 is 0. The molecule has 0 spiro atoms. The van der Waals surface area contributed by atoms with Crippen LogP contribution in [-0.2, 0) is 0 Å². The molecular formula is C16H26N2O2. The van der Waals surface area contributed by atoms with Gasteiger partial charge in [0.2, 0.25) is 0 Å². The summed E-state index contributed by atoms with van der Waals surface area (Å²) < 4.78 is 5.18. The Morgan fingerprint density at radius 3 is 2.45 bits per heavy atom. The summed E-state index contributed by atoms with van der Waals surface area (Å²) in [6.45, 7) is 7.78. The third kappa shape index (κ3) is 3.65. The van der Waals surface area contributed by atoms with E-state index in [2.05, 4.69) is 13.8 Å². The van der Waals surface area contributed by atoms with Gasteiger partial charge in [0, 0.05) is 13.1 Å². The monoisotopic (exact) mass is 278 g/mol. The van der Waals surface area contributed by atoms with E-state index in [0.717, 1.165) is 19.4 Å². The van der Waals surface area contributed by atoms with E-state index >= 15 is 0 Å². The van der Waals surface area contributed by atoms with E-state index in [4.69, 9.17) is 10.5 Å². The number of nitrogen functional groups attached to an aromatic ring is 1. The lowest BCUT2D eigenvalue weighted by molar-refractivity contribution is 0.0735. The number of ether oxygens (including phenoxy) is 1. The lowest BCUT2D eigenvalue weighted by atomic mass is 10.0. The van der Waals surface area contributed by atoms with Crippen LogP contribution < -0.4 is 10.5 Å². The minimum absolute atomic E-state index is 0.0178. The molecule has 0 aromatic heterocycles. The molecule has 0 bridgehead atoms. The van der Waals surface area contributed by atoms with Crippen LogP contribution >= 0.6 is 0 Å². The molecule has 0 saturated heterocycles. The Balaban J connectivity index is 2.96. The molecule has 4 nitrogen and oxygen atoms in total. The summed E-state index contributed by atoms with van der Waals surface area (Å²) in [5, 5.41) is 0. The van der Waals surface area contributed by atoms with Crippen molar-refractivity contribution < 1.29 is 9.53 Å². The molecule has 0 aliphatic heterocycles. The van der Waals surface area contributed by atoms with Gasteiger partial charge in [-0.1, -0.05) is 32.8 Å². The van der Waals surface area contributed by atoms with E-state index < -0.39 is 0 Å². The zero-order valence-electron chi connectivity index (χ0n) is 13.0. The summed E-state index contributed by atoms with van der Waals surface area (Å²) in [7, 11) is 1.56. The number of nitrogens with two attached hydrogens (primary N) is 1. The number of amides is 1. The summed E-state index contributed by atoms with van der Waals surface area (Å²) in [5.41, 5.74) is 6.96. The fraction of sp³-hybridized carbons (Fsp3) is 0.562. The molecule has 0 aliphatic rings. The standard InChI is InChI=1S/C16H26N2O2/c1-5-12(6-2)11-18(7-3)16(19)13-9-8-10-14(20-4)15(13)17/h8-10,12H,5-7,11,17H2,1-4H3. The van der Waals surface area contributed by atoms with Crippen LogP contribution in [0, 0.1) is 5.92 Å². The molecule has 0 aliphatic carbocycles. The molecule has 2 N–H and O–H groups in total. The number of anilines is 1. The van der Waals surface area contributed by atoms with Crippen LogP contribution in [0.3, 0.4) is 0 Å². The van der Waals surface area contributed by atoms with E-state index in [1.807, 2.05) is 11.8 Å². The second-order valence-corrected chi connectivity index (χ2v) is 4.95. The van der Waals surface area contributed by atoms with Crippen molar-refractivity contribution in [1.29, 1.82) is 0 Å². The first-order chi connectivity index (χ1) is 9.58. The van der Waals surface area contributed by atoms with Crippen LogP contribution in [0.1, 0.15) is 44.0 Å². The van der Waals surface area contributed by atoms with E-state index in [1.165, 1.54) is 0 Å². The lowest BCUT2D eigenvalue weighted by Gasteiger charge is -2.26. The quantitative estimate of drug-likeness (QED) is 0.779. The highest BCUT2D eigenvalue weighted by Crippen LogP contribution is 2.26. The SMILES string of the molecule is CCC(CC)CN(CC)C(=O)c1cccc(OC)c1N. The predicted octanol–water partition coefficient (Wildman–Crippen LogP) is 3.18. The molecule has 20 heavy (non-hydrogen) atoms. The largest absolute Gasteiger partial charge is 0.495 e. The van der Waals surface area contributed by atoms with Crippen LogP contribution in [0.2, 0.25) is 0 Å². The smallest absolute Gasteiger partial charge is 0.256 e. The third-order valence-electron chi connectivity index (χ3n) is 3.82. The van der Waals surface area contributed by atoms with Crippen molar-refractivity contribution in [2.75, 3.05) is 25.9 Å². The summed E-state index contributed by atoms with van der Waals surface area (Å²) in [6.07, 6.45) is 2.15. The number of rotatable bonds is 7. The molecule has 0 saturated carbocycles. The number of hydrogen-bond donors (Lipinski definition) is 1. The van der Waals surface area contributed by atoms with Gasteiger partial charge < -0.3 is 15.4 Å². The van der Waals surface area contributed by atoms with E-state index in [9.17, 15) is 4.79 Å². The Bertz CT molecular complexity index is 442. The van der Waals surface area contributed by atoms with Crippen LogP contribution in [0.15, 0.2) is 18.2 Å². The second kappa shape index (κ2) is 7.78. The molecule has 4 heteroatoms. The number of methoxy groups -OCH3 is 1. The number of para-hydroxylation sites is 1. The van der Waals surface area contributed by atoms with Crippen molar-refractivity contribution in [3.63, 3.8) is 0 Å². The summed E-state index contributed by atoms with van der Waals surface area (Å²) in [5.74, 6) is 1.07. The first-order valence-electron chi connectivity index (χ1n) is 7.30. The molecule has 112 valence electrons. The predicted molar refractivity (Wildman–Crippen MR) is 83.1 cm³/mol. The molecule has 1 aromatic rings. The van der Waals surface area contributed by atoms with Gasteiger partial charge in [-0.05, 0) is 25.0 Å². The molecule has 0 heterocycles. The van der Waals surface area contributed by atoms with Crippen molar-refractivity contribution in [2.24, 2.45) is 5.92 Å². The van der Waals surface area contributed by atoms with E-state index in [0.29, 0.717) is 29.5 Å². The Hall–Kier alpha value is -1.71. The molecule has 0 radical (unpaired) electrons. The number of hydrogen-bond acceptors (Lipinski definition) is 3.